The molecule has 0 spiro atoms. The monoisotopic (exact) mass is 278 g/mol. The van der Waals surface area contributed by atoms with Crippen molar-refractivity contribution < 1.29 is 9.53 Å². The summed E-state index contributed by atoms with van der Waals surface area (Å²) in [5, 5.41) is 0. The fourth-order valence-corrected chi connectivity index (χ4v) is 5.75. The van der Waals surface area contributed by atoms with Gasteiger partial charge in [-0.3, -0.25) is 4.79 Å². The van der Waals surface area contributed by atoms with Crippen molar-refractivity contribution in [1.82, 2.24) is 0 Å². The van der Waals surface area contributed by atoms with Crippen LogP contribution in [-0.4, -0.2) is 11.6 Å². The summed E-state index contributed by atoms with van der Waals surface area (Å²) in [6.45, 7) is 8.58. The summed E-state index contributed by atoms with van der Waals surface area (Å²) < 4.78 is 6.20. The molecule has 2 nitrogen and oxygen atoms in total. The van der Waals surface area contributed by atoms with Gasteiger partial charge in [-0.2, -0.15) is 0 Å². The molecule has 4 rings (SSSR count). The summed E-state index contributed by atoms with van der Waals surface area (Å²) in [6.07, 6.45) is 7.63. The van der Waals surface area contributed by atoms with Gasteiger partial charge in [-0.1, -0.05) is 27.7 Å². The first kappa shape index (κ1) is 14.4. The van der Waals surface area contributed by atoms with Gasteiger partial charge in [-0.05, 0) is 68.1 Å². The molecule has 4 aliphatic rings. The zero-order chi connectivity index (χ0) is 14.5. The second kappa shape index (κ2) is 5.03. The molecule has 2 heteroatoms. The maximum atomic E-state index is 12.7. The quantitative estimate of drug-likeness (QED) is 0.711. The third-order valence-electron chi connectivity index (χ3n) is 6.01. The molecule has 0 aromatic carbocycles. The van der Waals surface area contributed by atoms with E-state index in [0.29, 0.717) is 11.8 Å². The van der Waals surface area contributed by atoms with Crippen molar-refractivity contribution in [2.75, 3.05) is 0 Å². The first-order chi connectivity index (χ1) is 9.38. The van der Waals surface area contributed by atoms with Gasteiger partial charge >= 0.3 is 5.97 Å². The second-order valence-corrected chi connectivity index (χ2v) is 8.54. The molecule has 0 heterocycles. The number of hydrogen-bond acceptors (Lipinski definition) is 2. The third-order valence-corrected chi connectivity index (χ3v) is 6.01. The summed E-state index contributed by atoms with van der Waals surface area (Å²) >= 11 is 0. The largest absolute Gasteiger partial charge is 0.459 e. The first-order valence-electron chi connectivity index (χ1n) is 8.61. The molecule has 0 aromatic rings. The number of esters is 1. The summed E-state index contributed by atoms with van der Waals surface area (Å²) in [5.41, 5.74) is -0.0755. The maximum absolute atomic E-state index is 12.7. The highest BCUT2D eigenvalue weighted by Gasteiger charge is 2.53. The van der Waals surface area contributed by atoms with Crippen molar-refractivity contribution in [3.63, 3.8) is 0 Å². The predicted molar refractivity (Wildman–Crippen MR) is 80.2 cm³/mol. The summed E-state index contributed by atoms with van der Waals surface area (Å²) in [5.74, 6) is 3.40. The Morgan fingerprint density at radius 2 is 1.30 bits per heavy atom. The molecule has 0 radical (unpaired) electrons. The van der Waals surface area contributed by atoms with Crippen LogP contribution in [0.2, 0.25) is 0 Å². The van der Waals surface area contributed by atoms with Crippen molar-refractivity contribution in [3.8, 4) is 0 Å². The Hall–Kier alpha value is -0.530. The van der Waals surface area contributed by atoms with E-state index < -0.39 is 0 Å². The highest BCUT2D eigenvalue weighted by Crippen LogP contribution is 2.57. The average molecular weight is 278 g/mol. The van der Waals surface area contributed by atoms with E-state index in [2.05, 4.69) is 27.7 Å². The summed E-state index contributed by atoms with van der Waals surface area (Å²) in [6, 6.07) is 0. The molecule has 4 fully saturated rings. The Morgan fingerprint density at radius 1 is 0.900 bits per heavy atom. The molecule has 0 amide bonds. The smallest absolute Gasteiger partial charge is 0.310 e. The van der Waals surface area contributed by atoms with Crippen molar-refractivity contribution in [1.29, 1.82) is 0 Å². The molecular weight excluding hydrogens is 248 g/mol. The van der Waals surface area contributed by atoms with E-state index in [1.807, 2.05) is 0 Å². The van der Waals surface area contributed by atoms with Gasteiger partial charge in [-0.25, -0.2) is 0 Å². The van der Waals surface area contributed by atoms with Crippen molar-refractivity contribution in [2.24, 2.45) is 35.5 Å². The SMILES string of the molecule is CC(C)C(C(=O)OC12CC3CC(CC(C3)C1)C2)C(C)C. The minimum Gasteiger partial charge on any atom is -0.459 e. The first-order valence-corrected chi connectivity index (χ1v) is 8.61. The van der Waals surface area contributed by atoms with E-state index in [4.69, 9.17) is 4.74 Å². The van der Waals surface area contributed by atoms with E-state index in [9.17, 15) is 4.79 Å². The summed E-state index contributed by atoms with van der Waals surface area (Å²) in [7, 11) is 0. The zero-order valence-corrected chi connectivity index (χ0v) is 13.5. The van der Waals surface area contributed by atoms with E-state index in [-0.39, 0.29) is 17.5 Å². The van der Waals surface area contributed by atoms with Crippen LogP contribution < -0.4 is 0 Å². The standard InChI is InChI=1S/C18H30O2/c1-11(2)16(12(3)4)17(19)20-18-8-13-5-14(9-18)7-15(6-13)10-18/h11-16H,5-10H2,1-4H3. The molecular formula is C18H30O2. The fourth-order valence-electron chi connectivity index (χ4n) is 5.75. The van der Waals surface area contributed by atoms with Crippen molar-refractivity contribution >= 4 is 5.97 Å². The number of hydrogen-bond donors (Lipinski definition) is 0. The molecule has 0 unspecified atom stereocenters. The van der Waals surface area contributed by atoms with Crippen LogP contribution in [0.3, 0.4) is 0 Å². The van der Waals surface area contributed by atoms with E-state index in [1.165, 1.54) is 19.3 Å². The van der Waals surface area contributed by atoms with Gasteiger partial charge in [0.15, 0.2) is 0 Å². The third kappa shape index (κ3) is 2.51. The molecule has 0 N–H and O–H groups in total. The zero-order valence-electron chi connectivity index (χ0n) is 13.5. The van der Waals surface area contributed by atoms with Gasteiger partial charge < -0.3 is 4.74 Å². The lowest BCUT2D eigenvalue weighted by atomic mass is 9.54. The van der Waals surface area contributed by atoms with Gasteiger partial charge in [0.1, 0.15) is 5.60 Å². The molecule has 4 saturated carbocycles. The highest BCUT2D eigenvalue weighted by atomic mass is 16.6. The molecule has 0 saturated heterocycles. The number of carbonyl (C=O) groups excluding carboxylic acids is 1. The minimum absolute atomic E-state index is 0.0583. The Labute approximate surface area is 123 Å². The normalized spacial score (nSPS) is 39.0. The van der Waals surface area contributed by atoms with Crippen LogP contribution in [0.15, 0.2) is 0 Å². The van der Waals surface area contributed by atoms with E-state index in [0.717, 1.165) is 37.0 Å². The number of carbonyl (C=O) groups is 1. The minimum atomic E-state index is -0.0755. The Balaban J connectivity index is 1.72. The van der Waals surface area contributed by atoms with Crippen LogP contribution in [0.5, 0.6) is 0 Å². The Kier molecular flexibility index (Phi) is 3.63. The van der Waals surface area contributed by atoms with E-state index in [1.54, 1.807) is 0 Å². The predicted octanol–water partition coefficient (Wildman–Crippen LogP) is 4.43. The van der Waals surface area contributed by atoms with Gasteiger partial charge in [0.2, 0.25) is 0 Å². The summed E-state index contributed by atoms with van der Waals surface area (Å²) in [4.78, 5) is 12.7. The fraction of sp³-hybridized carbons (Fsp3) is 0.944. The topological polar surface area (TPSA) is 26.3 Å². The van der Waals surface area contributed by atoms with Crippen LogP contribution in [0.1, 0.15) is 66.2 Å². The van der Waals surface area contributed by atoms with Gasteiger partial charge in [0, 0.05) is 0 Å². The highest BCUT2D eigenvalue weighted by molar-refractivity contribution is 5.73. The van der Waals surface area contributed by atoms with E-state index >= 15 is 0 Å². The van der Waals surface area contributed by atoms with Crippen molar-refractivity contribution in [3.05, 3.63) is 0 Å². The Bertz CT molecular complexity index is 340. The molecule has 20 heavy (non-hydrogen) atoms. The maximum Gasteiger partial charge on any atom is 0.310 e. The van der Waals surface area contributed by atoms with Crippen molar-refractivity contribution in [2.45, 2.75) is 71.8 Å². The molecule has 0 atom stereocenters. The molecule has 4 bridgehead atoms. The lowest BCUT2D eigenvalue weighted by Crippen LogP contribution is -2.53. The Morgan fingerprint density at radius 3 is 1.65 bits per heavy atom. The van der Waals surface area contributed by atoms with Crippen LogP contribution >= 0.6 is 0 Å². The second-order valence-electron chi connectivity index (χ2n) is 8.54. The molecule has 4 aliphatic carbocycles. The molecule has 0 aliphatic heterocycles. The number of ether oxygens (including phenoxy) is 1. The lowest BCUT2D eigenvalue weighted by Gasteiger charge is -2.56. The average Bonchev–Trinajstić information content (AvgIpc) is 2.23. The van der Waals surface area contributed by atoms with Gasteiger partial charge in [0.05, 0.1) is 5.92 Å². The molecule has 0 aromatic heterocycles. The van der Waals surface area contributed by atoms with Crippen LogP contribution in [0.4, 0.5) is 0 Å². The lowest BCUT2D eigenvalue weighted by molar-refractivity contribution is -0.193. The van der Waals surface area contributed by atoms with Crippen LogP contribution in [0, 0.1) is 35.5 Å². The van der Waals surface area contributed by atoms with Gasteiger partial charge in [0.25, 0.3) is 0 Å². The van der Waals surface area contributed by atoms with Crippen LogP contribution in [0.25, 0.3) is 0 Å². The molecule has 114 valence electrons. The van der Waals surface area contributed by atoms with Gasteiger partial charge in [-0.15, -0.1) is 0 Å². The van der Waals surface area contributed by atoms with Crippen LogP contribution in [-0.2, 0) is 9.53 Å². The number of rotatable bonds is 4.